The summed E-state index contributed by atoms with van der Waals surface area (Å²) in [5.74, 6) is -0.245. The number of fused-ring (bicyclic) bond motifs is 1. The Kier molecular flexibility index (Phi) is 6.09. The standard InChI is InChI=1S/C20H18N2O4.C2H6/c23-18-10-9-16(19(24)21-18)22-11-15-14(20(22)25)7-4-8-17(15)26-12-13-5-2-1-3-6-13;1-2/h1-8,16H,9-12H2,(H,21,23,24);1-2H3. The molecule has 2 heterocycles. The summed E-state index contributed by atoms with van der Waals surface area (Å²) in [4.78, 5) is 37.8. The van der Waals surface area contributed by atoms with Gasteiger partial charge in [-0.2, -0.15) is 0 Å². The number of carbonyl (C=O) groups is 3. The number of benzene rings is 2. The van der Waals surface area contributed by atoms with Gasteiger partial charge in [0.25, 0.3) is 5.91 Å². The molecule has 3 amide bonds. The van der Waals surface area contributed by atoms with Gasteiger partial charge in [-0.3, -0.25) is 19.7 Å². The Bertz CT molecular complexity index is 879. The lowest BCUT2D eigenvalue weighted by molar-refractivity contribution is -0.136. The molecule has 0 aliphatic carbocycles. The fourth-order valence-electron chi connectivity index (χ4n) is 3.43. The highest BCUT2D eigenvalue weighted by Gasteiger charge is 2.40. The molecule has 146 valence electrons. The first-order valence-corrected chi connectivity index (χ1v) is 9.57. The minimum atomic E-state index is -0.616. The predicted octanol–water partition coefficient (Wildman–Crippen LogP) is 3.05. The first kappa shape index (κ1) is 19.6. The molecule has 6 heteroatoms. The van der Waals surface area contributed by atoms with Crippen molar-refractivity contribution in [2.45, 2.75) is 45.9 Å². The van der Waals surface area contributed by atoms with Crippen LogP contribution in [0.5, 0.6) is 5.75 Å². The third-order valence-electron chi connectivity index (χ3n) is 4.78. The van der Waals surface area contributed by atoms with Crippen LogP contribution in [-0.2, 0) is 22.7 Å². The van der Waals surface area contributed by atoms with E-state index in [1.54, 1.807) is 12.1 Å². The lowest BCUT2D eigenvalue weighted by Gasteiger charge is -2.29. The molecule has 28 heavy (non-hydrogen) atoms. The predicted molar refractivity (Wildman–Crippen MR) is 105 cm³/mol. The smallest absolute Gasteiger partial charge is 0.255 e. The van der Waals surface area contributed by atoms with Gasteiger partial charge in [-0.15, -0.1) is 0 Å². The third kappa shape index (κ3) is 3.91. The largest absolute Gasteiger partial charge is 0.489 e. The Labute approximate surface area is 164 Å². The number of carbonyl (C=O) groups excluding carboxylic acids is 3. The molecule has 1 saturated heterocycles. The number of hydrogen-bond acceptors (Lipinski definition) is 4. The lowest BCUT2D eigenvalue weighted by atomic mass is 10.0. The van der Waals surface area contributed by atoms with Crippen molar-refractivity contribution in [1.82, 2.24) is 10.2 Å². The molecule has 1 atom stereocenters. The highest BCUT2D eigenvalue weighted by Crippen LogP contribution is 2.33. The van der Waals surface area contributed by atoms with Gasteiger partial charge < -0.3 is 9.64 Å². The summed E-state index contributed by atoms with van der Waals surface area (Å²) in [6.07, 6.45) is 0.596. The highest BCUT2D eigenvalue weighted by molar-refractivity contribution is 6.05. The molecule has 2 aliphatic heterocycles. The van der Waals surface area contributed by atoms with E-state index in [2.05, 4.69) is 5.32 Å². The number of nitrogens with one attached hydrogen (secondary N) is 1. The Morgan fingerprint density at radius 1 is 1.04 bits per heavy atom. The van der Waals surface area contributed by atoms with E-state index >= 15 is 0 Å². The molecular formula is C22H24N2O4. The number of ether oxygens (including phenoxy) is 1. The summed E-state index contributed by atoms with van der Waals surface area (Å²) >= 11 is 0. The molecule has 2 aromatic carbocycles. The maximum absolute atomic E-state index is 12.8. The fourth-order valence-corrected chi connectivity index (χ4v) is 3.43. The number of imide groups is 1. The fraction of sp³-hybridized carbons (Fsp3) is 0.318. The molecule has 2 aromatic rings. The molecule has 0 bridgehead atoms. The zero-order valence-corrected chi connectivity index (χ0v) is 16.1. The number of amides is 3. The first-order valence-electron chi connectivity index (χ1n) is 9.57. The zero-order chi connectivity index (χ0) is 20.1. The van der Waals surface area contributed by atoms with Crippen LogP contribution < -0.4 is 10.1 Å². The van der Waals surface area contributed by atoms with Crippen LogP contribution in [0.15, 0.2) is 48.5 Å². The quantitative estimate of drug-likeness (QED) is 0.827. The van der Waals surface area contributed by atoms with Gasteiger partial charge in [0.2, 0.25) is 11.8 Å². The van der Waals surface area contributed by atoms with E-state index in [1.165, 1.54) is 4.90 Å². The number of hydrogen-bond donors (Lipinski definition) is 1. The van der Waals surface area contributed by atoms with Crippen molar-refractivity contribution in [1.29, 1.82) is 0 Å². The maximum Gasteiger partial charge on any atom is 0.255 e. The van der Waals surface area contributed by atoms with Gasteiger partial charge >= 0.3 is 0 Å². The van der Waals surface area contributed by atoms with Gasteiger partial charge in [0.15, 0.2) is 0 Å². The van der Waals surface area contributed by atoms with Crippen LogP contribution in [0.1, 0.15) is 48.2 Å². The van der Waals surface area contributed by atoms with E-state index in [4.69, 9.17) is 4.74 Å². The summed E-state index contributed by atoms with van der Waals surface area (Å²) in [6.45, 7) is 4.72. The SMILES string of the molecule is CC.O=C1CCC(N2Cc3c(OCc4ccccc4)cccc3C2=O)C(=O)N1. The number of rotatable bonds is 4. The summed E-state index contributed by atoms with van der Waals surface area (Å²) in [6, 6.07) is 14.5. The molecular weight excluding hydrogens is 356 g/mol. The first-order chi connectivity index (χ1) is 13.6. The molecule has 0 spiro atoms. The molecule has 1 fully saturated rings. The monoisotopic (exact) mass is 380 g/mol. The van der Waals surface area contributed by atoms with Crippen LogP contribution >= 0.6 is 0 Å². The highest BCUT2D eigenvalue weighted by atomic mass is 16.5. The van der Waals surface area contributed by atoms with Crippen molar-refractivity contribution >= 4 is 17.7 Å². The van der Waals surface area contributed by atoms with Crippen LogP contribution in [0.4, 0.5) is 0 Å². The molecule has 4 rings (SSSR count). The molecule has 6 nitrogen and oxygen atoms in total. The topological polar surface area (TPSA) is 75.7 Å². The minimum Gasteiger partial charge on any atom is -0.489 e. The number of nitrogens with zero attached hydrogens (tertiary/aromatic N) is 1. The summed E-state index contributed by atoms with van der Waals surface area (Å²) in [5.41, 5.74) is 2.38. The van der Waals surface area contributed by atoms with Crippen molar-refractivity contribution in [3.05, 3.63) is 65.2 Å². The van der Waals surface area contributed by atoms with Gasteiger partial charge in [0.05, 0.1) is 6.54 Å². The van der Waals surface area contributed by atoms with E-state index in [1.807, 2.05) is 50.2 Å². The zero-order valence-electron chi connectivity index (χ0n) is 16.1. The normalized spacial score (nSPS) is 18.1. The van der Waals surface area contributed by atoms with Crippen LogP contribution in [-0.4, -0.2) is 28.7 Å². The van der Waals surface area contributed by atoms with Crippen LogP contribution in [0.2, 0.25) is 0 Å². The second-order valence-corrected chi connectivity index (χ2v) is 6.46. The van der Waals surface area contributed by atoms with E-state index in [9.17, 15) is 14.4 Å². The second kappa shape index (κ2) is 8.69. The Hall–Kier alpha value is -3.15. The summed E-state index contributed by atoms with van der Waals surface area (Å²) < 4.78 is 5.93. The molecule has 1 unspecified atom stereocenters. The van der Waals surface area contributed by atoms with Crippen molar-refractivity contribution in [2.24, 2.45) is 0 Å². The van der Waals surface area contributed by atoms with Crippen molar-refractivity contribution in [2.75, 3.05) is 0 Å². The van der Waals surface area contributed by atoms with Gasteiger partial charge in [-0.25, -0.2) is 0 Å². The molecule has 0 radical (unpaired) electrons. The lowest BCUT2D eigenvalue weighted by Crippen LogP contribution is -2.52. The minimum absolute atomic E-state index is 0.195. The van der Waals surface area contributed by atoms with Gasteiger partial charge in [0, 0.05) is 17.5 Å². The second-order valence-electron chi connectivity index (χ2n) is 6.46. The average molecular weight is 380 g/mol. The maximum atomic E-state index is 12.8. The molecule has 2 aliphatic rings. The van der Waals surface area contributed by atoms with E-state index in [0.29, 0.717) is 30.9 Å². The van der Waals surface area contributed by atoms with Gasteiger partial charge in [-0.05, 0) is 24.1 Å². The molecule has 1 N–H and O–H groups in total. The van der Waals surface area contributed by atoms with E-state index in [-0.39, 0.29) is 18.2 Å². The van der Waals surface area contributed by atoms with Crippen LogP contribution in [0.25, 0.3) is 0 Å². The van der Waals surface area contributed by atoms with Crippen LogP contribution in [0, 0.1) is 0 Å². The summed E-state index contributed by atoms with van der Waals surface area (Å²) in [7, 11) is 0. The average Bonchev–Trinajstić information content (AvgIpc) is 3.06. The van der Waals surface area contributed by atoms with Gasteiger partial charge in [-0.1, -0.05) is 50.2 Å². The Morgan fingerprint density at radius 2 is 1.79 bits per heavy atom. The van der Waals surface area contributed by atoms with Gasteiger partial charge in [0.1, 0.15) is 18.4 Å². The molecule has 0 saturated carbocycles. The van der Waals surface area contributed by atoms with Crippen molar-refractivity contribution in [3.8, 4) is 5.75 Å². The van der Waals surface area contributed by atoms with Crippen molar-refractivity contribution in [3.63, 3.8) is 0 Å². The third-order valence-corrected chi connectivity index (χ3v) is 4.78. The van der Waals surface area contributed by atoms with Crippen molar-refractivity contribution < 1.29 is 19.1 Å². The van der Waals surface area contributed by atoms with Crippen LogP contribution in [0.3, 0.4) is 0 Å². The number of piperidine rings is 1. The summed E-state index contributed by atoms with van der Waals surface area (Å²) in [5, 5.41) is 2.31. The Balaban J connectivity index is 0.00000109. The Morgan fingerprint density at radius 3 is 2.50 bits per heavy atom. The molecule has 0 aromatic heterocycles. The van der Waals surface area contributed by atoms with E-state index < -0.39 is 11.9 Å². The van der Waals surface area contributed by atoms with E-state index in [0.717, 1.165) is 11.1 Å².